The quantitative estimate of drug-likeness (QED) is 0.154. The highest BCUT2D eigenvalue weighted by molar-refractivity contribution is 6.20. The maximum atomic E-state index is 14.6. The van der Waals surface area contributed by atoms with Gasteiger partial charge in [-0.1, -0.05) is 98.8 Å². The molecule has 4 aromatic carbocycles. The number of aliphatic imine (C=N–C) groups is 1. The molecule has 4 aromatic rings. The monoisotopic (exact) mass is 627 g/mol. The Bertz CT molecular complexity index is 1750. The average Bonchev–Trinajstić information content (AvgIpc) is 3.18. The molecule has 0 bridgehead atoms. The molecular formula is C40H41N3O4. The van der Waals surface area contributed by atoms with E-state index in [1.54, 1.807) is 11.0 Å². The molecule has 3 atom stereocenters. The van der Waals surface area contributed by atoms with E-state index in [-0.39, 0.29) is 30.1 Å². The highest BCUT2D eigenvalue weighted by Crippen LogP contribution is 2.32. The number of rotatable bonds is 13. The molecule has 1 N–H and O–H groups in total. The largest absolute Gasteiger partial charge is 0.457 e. The van der Waals surface area contributed by atoms with Gasteiger partial charge in [-0.05, 0) is 61.6 Å². The molecular weight excluding hydrogens is 586 g/mol. The molecule has 7 nitrogen and oxygen atoms in total. The SMILES string of the molecule is C=CC[C@H](C(C)=O)C(CC(C)C)C(=O)NC1N=C(c2ccccc2)c2ccccc2N(Cc2cccc(Oc3ccccc3)c2)C1=O. The summed E-state index contributed by atoms with van der Waals surface area (Å²) < 4.78 is 6.08. The van der Waals surface area contributed by atoms with Crippen molar-refractivity contribution < 1.29 is 19.1 Å². The highest BCUT2D eigenvalue weighted by atomic mass is 16.5. The first-order valence-electron chi connectivity index (χ1n) is 16.0. The summed E-state index contributed by atoms with van der Waals surface area (Å²) in [5.74, 6) is -0.523. The van der Waals surface area contributed by atoms with Gasteiger partial charge in [0.2, 0.25) is 12.1 Å². The molecule has 2 unspecified atom stereocenters. The van der Waals surface area contributed by atoms with Crippen LogP contribution in [0.3, 0.4) is 0 Å². The minimum Gasteiger partial charge on any atom is -0.457 e. The fraction of sp³-hybridized carbons (Fsp3) is 0.250. The number of benzene rings is 4. The lowest BCUT2D eigenvalue weighted by molar-refractivity contribution is -0.135. The van der Waals surface area contributed by atoms with Crippen LogP contribution in [0.25, 0.3) is 0 Å². The van der Waals surface area contributed by atoms with Gasteiger partial charge in [0.05, 0.1) is 17.9 Å². The third kappa shape index (κ3) is 8.11. The second kappa shape index (κ2) is 15.3. The second-order valence-electron chi connectivity index (χ2n) is 12.2. The first-order valence-corrected chi connectivity index (χ1v) is 16.0. The van der Waals surface area contributed by atoms with Crippen molar-refractivity contribution in [2.24, 2.45) is 22.7 Å². The van der Waals surface area contributed by atoms with E-state index in [2.05, 4.69) is 11.9 Å². The highest BCUT2D eigenvalue weighted by Gasteiger charge is 2.37. The molecule has 0 radical (unpaired) electrons. The number of hydrogen-bond acceptors (Lipinski definition) is 5. The van der Waals surface area contributed by atoms with Crippen LogP contribution in [-0.2, 0) is 20.9 Å². The van der Waals surface area contributed by atoms with E-state index < -0.39 is 18.0 Å². The number of fused-ring (bicyclic) bond motifs is 1. The lowest BCUT2D eigenvalue weighted by atomic mass is 9.80. The Balaban J connectivity index is 1.55. The maximum Gasteiger partial charge on any atom is 0.272 e. The lowest BCUT2D eigenvalue weighted by Crippen LogP contribution is -2.50. The fourth-order valence-electron chi connectivity index (χ4n) is 6.02. The van der Waals surface area contributed by atoms with Crippen LogP contribution < -0.4 is 15.0 Å². The lowest BCUT2D eigenvalue weighted by Gasteiger charge is -2.29. The number of allylic oxidation sites excluding steroid dienone is 1. The number of benzodiazepines with no additional fused rings is 1. The third-order valence-electron chi connectivity index (χ3n) is 8.24. The molecule has 0 saturated carbocycles. The summed E-state index contributed by atoms with van der Waals surface area (Å²) in [6, 6.07) is 34.4. The van der Waals surface area contributed by atoms with Crippen LogP contribution in [0, 0.1) is 17.8 Å². The van der Waals surface area contributed by atoms with Crippen molar-refractivity contribution in [1.29, 1.82) is 0 Å². The predicted octanol–water partition coefficient (Wildman–Crippen LogP) is 7.75. The molecule has 7 heteroatoms. The number of Topliss-reactive ketones (excluding diaryl/α,β-unsaturated/α-hetero) is 1. The Kier molecular flexibility index (Phi) is 10.8. The Morgan fingerprint density at radius 1 is 0.894 bits per heavy atom. The summed E-state index contributed by atoms with van der Waals surface area (Å²) >= 11 is 0. The first kappa shape index (κ1) is 33.1. The fourth-order valence-corrected chi connectivity index (χ4v) is 6.02. The smallest absolute Gasteiger partial charge is 0.272 e. The molecule has 0 aliphatic carbocycles. The van der Waals surface area contributed by atoms with Crippen molar-refractivity contribution in [2.45, 2.75) is 46.3 Å². The Labute approximate surface area is 277 Å². The van der Waals surface area contributed by atoms with Gasteiger partial charge in [-0.15, -0.1) is 6.58 Å². The molecule has 2 amide bonds. The van der Waals surface area contributed by atoms with Crippen LogP contribution in [0.1, 0.15) is 50.3 Å². The van der Waals surface area contributed by atoms with Crippen LogP contribution in [-0.4, -0.2) is 29.5 Å². The van der Waals surface area contributed by atoms with E-state index in [9.17, 15) is 14.4 Å². The van der Waals surface area contributed by atoms with Crippen molar-refractivity contribution in [3.8, 4) is 11.5 Å². The number of anilines is 1. The molecule has 0 aromatic heterocycles. The van der Waals surface area contributed by atoms with Crippen LogP contribution in [0.4, 0.5) is 5.69 Å². The van der Waals surface area contributed by atoms with Crippen LogP contribution in [0.5, 0.6) is 11.5 Å². The van der Waals surface area contributed by atoms with E-state index >= 15 is 0 Å². The molecule has 1 aliphatic rings. The predicted molar refractivity (Wildman–Crippen MR) is 187 cm³/mol. The third-order valence-corrected chi connectivity index (χ3v) is 8.24. The molecule has 1 aliphatic heterocycles. The van der Waals surface area contributed by atoms with Gasteiger partial charge >= 0.3 is 0 Å². The van der Waals surface area contributed by atoms with Crippen molar-refractivity contribution in [3.05, 3.63) is 139 Å². The van der Waals surface area contributed by atoms with Crippen molar-refractivity contribution in [1.82, 2.24) is 5.32 Å². The van der Waals surface area contributed by atoms with E-state index in [0.29, 0.717) is 35.7 Å². The molecule has 0 saturated heterocycles. The molecule has 240 valence electrons. The average molecular weight is 628 g/mol. The number of amides is 2. The molecule has 0 fully saturated rings. The van der Waals surface area contributed by atoms with Gasteiger partial charge in [0, 0.05) is 23.0 Å². The standard InChI is InChI=1S/C40H41N3O4/c1-5-15-33(28(4)44)35(24-27(2)3)39(45)42-38-40(46)43(26-29-16-14-21-32(25-29)47-31-19-10-7-11-20-31)36-23-13-12-22-34(36)37(41-38)30-17-8-6-9-18-30/h5-14,16-23,25,27,33,35,38H,1,15,24,26H2,2-4H3,(H,42,45)/t33-,35?,38?/m1/s1. The van der Waals surface area contributed by atoms with Gasteiger partial charge in [-0.3, -0.25) is 14.4 Å². The van der Waals surface area contributed by atoms with Crippen molar-refractivity contribution >= 4 is 29.0 Å². The Hall–Kier alpha value is -5.30. The molecule has 47 heavy (non-hydrogen) atoms. The topological polar surface area (TPSA) is 88.1 Å². The maximum absolute atomic E-state index is 14.6. The number of carbonyl (C=O) groups excluding carboxylic acids is 3. The second-order valence-corrected chi connectivity index (χ2v) is 12.2. The van der Waals surface area contributed by atoms with Gasteiger partial charge in [-0.25, -0.2) is 4.99 Å². The van der Waals surface area contributed by atoms with Gasteiger partial charge in [0.25, 0.3) is 5.91 Å². The van der Waals surface area contributed by atoms with Gasteiger partial charge < -0.3 is 15.0 Å². The number of nitrogens with zero attached hydrogens (tertiary/aromatic N) is 2. The summed E-state index contributed by atoms with van der Waals surface area (Å²) in [5, 5.41) is 2.97. The number of hydrogen-bond donors (Lipinski definition) is 1. The number of ether oxygens (including phenoxy) is 1. The summed E-state index contributed by atoms with van der Waals surface area (Å²) in [5.41, 5.74) is 3.71. The van der Waals surface area contributed by atoms with Gasteiger partial charge in [0.15, 0.2) is 0 Å². The zero-order valence-electron chi connectivity index (χ0n) is 27.1. The zero-order valence-corrected chi connectivity index (χ0v) is 27.1. The summed E-state index contributed by atoms with van der Waals surface area (Å²) in [4.78, 5) is 48.0. The molecule has 5 rings (SSSR count). The Morgan fingerprint density at radius 2 is 1.55 bits per heavy atom. The van der Waals surface area contributed by atoms with Crippen LogP contribution in [0.15, 0.2) is 127 Å². The van der Waals surface area contributed by atoms with Gasteiger partial charge in [0.1, 0.15) is 17.3 Å². The first-order chi connectivity index (χ1) is 22.7. The number of para-hydroxylation sites is 2. The Morgan fingerprint density at radius 3 is 2.23 bits per heavy atom. The van der Waals surface area contributed by atoms with Crippen molar-refractivity contribution in [3.63, 3.8) is 0 Å². The van der Waals surface area contributed by atoms with E-state index in [1.165, 1.54) is 6.92 Å². The van der Waals surface area contributed by atoms with Crippen LogP contribution in [0.2, 0.25) is 0 Å². The number of ketones is 1. The zero-order chi connectivity index (χ0) is 33.3. The normalized spacial score (nSPS) is 15.6. The summed E-state index contributed by atoms with van der Waals surface area (Å²) in [7, 11) is 0. The van der Waals surface area contributed by atoms with E-state index in [1.807, 2.05) is 123 Å². The number of carbonyl (C=O) groups is 3. The summed E-state index contributed by atoms with van der Waals surface area (Å²) in [6.45, 7) is 9.57. The minimum absolute atomic E-state index is 0.0852. The van der Waals surface area contributed by atoms with E-state index in [4.69, 9.17) is 9.73 Å². The summed E-state index contributed by atoms with van der Waals surface area (Å²) in [6.07, 6.45) is 1.30. The minimum atomic E-state index is -1.22. The molecule has 0 spiro atoms. The molecule has 1 heterocycles. The van der Waals surface area contributed by atoms with Crippen molar-refractivity contribution in [2.75, 3.05) is 4.90 Å². The van der Waals surface area contributed by atoms with E-state index in [0.717, 1.165) is 16.7 Å². The number of nitrogens with one attached hydrogen (secondary N) is 1. The van der Waals surface area contributed by atoms with Gasteiger partial charge in [-0.2, -0.15) is 0 Å². The van der Waals surface area contributed by atoms with Crippen LogP contribution >= 0.6 is 0 Å².